The zero-order chi connectivity index (χ0) is 19.8. The van der Waals surface area contributed by atoms with Crippen molar-refractivity contribution in [3.05, 3.63) is 65.5 Å². The lowest BCUT2D eigenvalue weighted by Crippen LogP contribution is -2.47. The van der Waals surface area contributed by atoms with Gasteiger partial charge in [-0.1, -0.05) is 30.3 Å². The highest BCUT2D eigenvalue weighted by atomic mass is 16.5. The number of fused-ring (bicyclic) bond motifs is 1. The molecule has 7 heteroatoms. The first-order valence-corrected chi connectivity index (χ1v) is 9.42. The molecule has 28 heavy (non-hydrogen) atoms. The van der Waals surface area contributed by atoms with E-state index in [4.69, 9.17) is 4.74 Å². The molecule has 3 amide bonds. The average Bonchev–Trinajstić information content (AvgIpc) is 2.75. The summed E-state index contributed by atoms with van der Waals surface area (Å²) in [5.41, 5.74) is 3.39. The second-order valence-corrected chi connectivity index (χ2v) is 6.77. The first-order valence-electron chi connectivity index (χ1n) is 9.42. The summed E-state index contributed by atoms with van der Waals surface area (Å²) in [5.74, 6) is -0.0732. The van der Waals surface area contributed by atoms with Gasteiger partial charge in [-0.05, 0) is 29.2 Å². The van der Waals surface area contributed by atoms with Gasteiger partial charge in [-0.15, -0.1) is 0 Å². The van der Waals surface area contributed by atoms with Gasteiger partial charge in [-0.3, -0.25) is 9.78 Å². The molecule has 148 valence electrons. The molecular formula is C21H26N4O3. The number of amides is 3. The Morgan fingerprint density at radius 1 is 1.21 bits per heavy atom. The monoisotopic (exact) mass is 382 g/mol. The Labute approximate surface area is 165 Å². The van der Waals surface area contributed by atoms with Gasteiger partial charge in [-0.25, -0.2) is 4.79 Å². The fourth-order valence-electron chi connectivity index (χ4n) is 3.25. The van der Waals surface area contributed by atoms with Gasteiger partial charge in [0.05, 0.1) is 13.2 Å². The molecule has 0 fully saturated rings. The van der Waals surface area contributed by atoms with E-state index in [1.807, 2.05) is 30.3 Å². The standard InChI is InChI=1S/C21H26N4O3/c1-28-12-11-25(15-17-5-4-9-22-13-17)21(27)23-14-20(26)24-10-8-18-6-2-3-7-19(18)16-24/h2-7,9,13H,8,10-12,14-16H2,1H3,(H,23,27). The zero-order valence-electron chi connectivity index (χ0n) is 16.1. The number of ether oxygens (including phenoxy) is 1. The van der Waals surface area contributed by atoms with Gasteiger partial charge < -0.3 is 19.9 Å². The highest BCUT2D eigenvalue weighted by Crippen LogP contribution is 2.18. The molecule has 7 nitrogen and oxygen atoms in total. The highest BCUT2D eigenvalue weighted by Gasteiger charge is 2.21. The SMILES string of the molecule is COCCN(Cc1cccnc1)C(=O)NCC(=O)N1CCc2ccccc2C1. The van der Waals surface area contributed by atoms with Crippen LogP contribution >= 0.6 is 0 Å². The van der Waals surface area contributed by atoms with E-state index in [2.05, 4.69) is 16.4 Å². The zero-order valence-corrected chi connectivity index (χ0v) is 16.1. The van der Waals surface area contributed by atoms with Gasteiger partial charge in [0.2, 0.25) is 5.91 Å². The topological polar surface area (TPSA) is 74.8 Å². The van der Waals surface area contributed by atoms with Crippen LogP contribution in [-0.2, 0) is 29.0 Å². The first kappa shape index (κ1) is 19.8. The number of rotatable bonds is 7. The summed E-state index contributed by atoms with van der Waals surface area (Å²) in [6.07, 6.45) is 4.26. The molecular weight excluding hydrogens is 356 g/mol. The third kappa shape index (κ3) is 5.29. The third-order valence-electron chi connectivity index (χ3n) is 4.82. The van der Waals surface area contributed by atoms with Gasteiger partial charge >= 0.3 is 6.03 Å². The van der Waals surface area contributed by atoms with Crippen LogP contribution in [0.2, 0.25) is 0 Å². The van der Waals surface area contributed by atoms with Crippen molar-refractivity contribution in [1.29, 1.82) is 0 Å². The van der Waals surface area contributed by atoms with Crippen LogP contribution in [0, 0.1) is 0 Å². The Morgan fingerprint density at radius 2 is 2.04 bits per heavy atom. The van der Waals surface area contributed by atoms with Gasteiger partial charge in [0.15, 0.2) is 0 Å². The summed E-state index contributed by atoms with van der Waals surface area (Å²) in [4.78, 5) is 32.7. The fraction of sp³-hybridized carbons (Fsp3) is 0.381. The predicted octanol–water partition coefficient (Wildman–Crippen LogP) is 1.82. The fourth-order valence-corrected chi connectivity index (χ4v) is 3.25. The maximum atomic E-state index is 12.6. The number of benzene rings is 1. The molecule has 1 N–H and O–H groups in total. The number of pyridine rings is 1. The third-order valence-corrected chi connectivity index (χ3v) is 4.82. The molecule has 1 aromatic carbocycles. The van der Waals surface area contributed by atoms with E-state index in [1.165, 1.54) is 11.1 Å². The second kappa shape index (κ2) is 9.85. The molecule has 0 aliphatic carbocycles. The molecule has 2 aromatic rings. The number of nitrogens with zero attached hydrogens (tertiary/aromatic N) is 3. The number of methoxy groups -OCH3 is 1. The smallest absolute Gasteiger partial charge is 0.318 e. The van der Waals surface area contributed by atoms with Crippen molar-refractivity contribution >= 4 is 11.9 Å². The minimum absolute atomic E-state index is 0.0163. The highest BCUT2D eigenvalue weighted by molar-refractivity contribution is 5.84. The van der Waals surface area contributed by atoms with E-state index in [0.29, 0.717) is 32.8 Å². The van der Waals surface area contributed by atoms with Crippen molar-refractivity contribution in [3.63, 3.8) is 0 Å². The van der Waals surface area contributed by atoms with E-state index in [9.17, 15) is 9.59 Å². The number of hydrogen-bond acceptors (Lipinski definition) is 4. The molecule has 0 bridgehead atoms. The lowest BCUT2D eigenvalue weighted by Gasteiger charge is -2.29. The van der Waals surface area contributed by atoms with Crippen LogP contribution < -0.4 is 5.32 Å². The normalized spacial score (nSPS) is 13.0. The largest absolute Gasteiger partial charge is 0.383 e. The molecule has 1 aromatic heterocycles. The number of carbonyl (C=O) groups is 2. The van der Waals surface area contributed by atoms with E-state index in [-0.39, 0.29) is 18.5 Å². The molecule has 0 saturated heterocycles. The number of urea groups is 1. The number of carbonyl (C=O) groups excluding carboxylic acids is 2. The molecule has 1 aliphatic rings. The summed E-state index contributed by atoms with van der Waals surface area (Å²) < 4.78 is 5.10. The van der Waals surface area contributed by atoms with Crippen LogP contribution in [0.3, 0.4) is 0 Å². The van der Waals surface area contributed by atoms with Crippen LogP contribution in [-0.4, -0.2) is 60.1 Å². The van der Waals surface area contributed by atoms with Crippen LogP contribution in [0.1, 0.15) is 16.7 Å². The van der Waals surface area contributed by atoms with E-state index >= 15 is 0 Å². The summed E-state index contributed by atoms with van der Waals surface area (Å²) in [5, 5.41) is 2.75. The molecule has 2 heterocycles. The van der Waals surface area contributed by atoms with Crippen molar-refractivity contribution in [2.75, 3.05) is 33.4 Å². The molecule has 0 spiro atoms. The van der Waals surface area contributed by atoms with E-state index in [0.717, 1.165) is 12.0 Å². The van der Waals surface area contributed by atoms with Gasteiger partial charge in [-0.2, -0.15) is 0 Å². The maximum Gasteiger partial charge on any atom is 0.318 e. The van der Waals surface area contributed by atoms with Crippen LogP contribution in [0.5, 0.6) is 0 Å². The Morgan fingerprint density at radius 3 is 2.79 bits per heavy atom. The minimum Gasteiger partial charge on any atom is -0.383 e. The van der Waals surface area contributed by atoms with Crippen molar-refractivity contribution in [2.45, 2.75) is 19.5 Å². The van der Waals surface area contributed by atoms with Crippen LogP contribution in [0.15, 0.2) is 48.8 Å². The average molecular weight is 382 g/mol. The Kier molecular flexibility index (Phi) is 6.97. The maximum absolute atomic E-state index is 12.6. The van der Waals surface area contributed by atoms with Gasteiger partial charge in [0, 0.05) is 45.7 Å². The van der Waals surface area contributed by atoms with Crippen molar-refractivity contribution in [1.82, 2.24) is 20.1 Å². The number of hydrogen-bond donors (Lipinski definition) is 1. The van der Waals surface area contributed by atoms with Gasteiger partial charge in [0.1, 0.15) is 0 Å². The quantitative estimate of drug-likeness (QED) is 0.793. The lowest BCUT2D eigenvalue weighted by atomic mass is 10.00. The summed E-state index contributed by atoms with van der Waals surface area (Å²) in [6.45, 7) is 2.52. The number of aromatic nitrogens is 1. The molecule has 1 aliphatic heterocycles. The Balaban J connectivity index is 1.54. The summed E-state index contributed by atoms with van der Waals surface area (Å²) in [6, 6.07) is 11.6. The van der Waals surface area contributed by atoms with E-state index in [1.54, 1.807) is 29.3 Å². The van der Waals surface area contributed by atoms with Crippen molar-refractivity contribution in [3.8, 4) is 0 Å². The van der Waals surface area contributed by atoms with Crippen LogP contribution in [0.4, 0.5) is 4.79 Å². The van der Waals surface area contributed by atoms with E-state index < -0.39 is 0 Å². The molecule has 0 saturated carbocycles. The Bertz CT molecular complexity index is 797. The molecule has 3 rings (SSSR count). The lowest BCUT2D eigenvalue weighted by molar-refractivity contribution is -0.131. The van der Waals surface area contributed by atoms with Crippen LogP contribution in [0.25, 0.3) is 0 Å². The summed E-state index contributed by atoms with van der Waals surface area (Å²) in [7, 11) is 1.60. The van der Waals surface area contributed by atoms with Crippen molar-refractivity contribution in [2.24, 2.45) is 0 Å². The molecule has 0 radical (unpaired) electrons. The first-order chi connectivity index (χ1) is 13.7. The molecule has 0 atom stereocenters. The van der Waals surface area contributed by atoms with Gasteiger partial charge in [0.25, 0.3) is 0 Å². The predicted molar refractivity (Wildman–Crippen MR) is 105 cm³/mol. The number of nitrogens with one attached hydrogen (secondary N) is 1. The molecule has 0 unspecified atom stereocenters. The van der Waals surface area contributed by atoms with Crippen molar-refractivity contribution < 1.29 is 14.3 Å². The summed E-state index contributed by atoms with van der Waals surface area (Å²) >= 11 is 0. The Hall–Kier alpha value is -2.93. The second-order valence-electron chi connectivity index (χ2n) is 6.77. The minimum atomic E-state index is -0.285.